The zero-order valence-corrected chi connectivity index (χ0v) is 11.5. The standard InChI is InChI=1S/C14H19NO2S/c1-10-6-12(14(15)18)2-3-13(10)9-17-8-11-4-5-16-7-11/h2-3,6,11H,4-5,7-9H2,1H3,(H2,15,18). The van der Waals surface area contributed by atoms with Gasteiger partial charge in [-0.15, -0.1) is 0 Å². The maximum atomic E-state index is 5.74. The molecule has 1 heterocycles. The smallest absolute Gasteiger partial charge is 0.103 e. The summed E-state index contributed by atoms with van der Waals surface area (Å²) < 4.78 is 11.1. The minimum atomic E-state index is 0.439. The highest BCUT2D eigenvalue weighted by atomic mass is 32.1. The first-order valence-electron chi connectivity index (χ1n) is 6.21. The molecule has 1 unspecified atom stereocenters. The first-order chi connectivity index (χ1) is 8.66. The Labute approximate surface area is 113 Å². The van der Waals surface area contributed by atoms with Crippen LogP contribution in [0.3, 0.4) is 0 Å². The van der Waals surface area contributed by atoms with E-state index in [9.17, 15) is 0 Å². The molecule has 1 saturated heterocycles. The fraction of sp³-hybridized carbons (Fsp3) is 0.500. The van der Waals surface area contributed by atoms with E-state index in [1.807, 2.05) is 18.2 Å². The molecule has 0 bridgehead atoms. The minimum absolute atomic E-state index is 0.439. The van der Waals surface area contributed by atoms with E-state index >= 15 is 0 Å². The Bertz CT molecular complexity index is 428. The van der Waals surface area contributed by atoms with Crippen molar-refractivity contribution in [1.29, 1.82) is 0 Å². The third-order valence-corrected chi connectivity index (χ3v) is 3.50. The summed E-state index contributed by atoms with van der Waals surface area (Å²) in [6, 6.07) is 6.00. The van der Waals surface area contributed by atoms with Gasteiger partial charge in [0, 0.05) is 18.1 Å². The van der Waals surface area contributed by atoms with Crippen molar-refractivity contribution < 1.29 is 9.47 Å². The van der Waals surface area contributed by atoms with Crippen molar-refractivity contribution in [3.63, 3.8) is 0 Å². The Morgan fingerprint density at radius 1 is 1.56 bits per heavy atom. The summed E-state index contributed by atoms with van der Waals surface area (Å²) in [5.74, 6) is 0.557. The molecular formula is C14H19NO2S. The van der Waals surface area contributed by atoms with Crippen molar-refractivity contribution in [1.82, 2.24) is 0 Å². The van der Waals surface area contributed by atoms with Crippen molar-refractivity contribution in [3.8, 4) is 0 Å². The van der Waals surface area contributed by atoms with Crippen molar-refractivity contribution in [2.75, 3.05) is 19.8 Å². The predicted molar refractivity (Wildman–Crippen MR) is 75.6 cm³/mol. The second-order valence-corrected chi connectivity index (χ2v) is 5.19. The van der Waals surface area contributed by atoms with Gasteiger partial charge >= 0.3 is 0 Å². The van der Waals surface area contributed by atoms with Gasteiger partial charge in [0.15, 0.2) is 0 Å². The molecule has 1 aromatic carbocycles. The van der Waals surface area contributed by atoms with Crippen molar-refractivity contribution in [2.24, 2.45) is 11.7 Å². The number of benzene rings is 1. The SMILES string of the molecule is Cc1cc(C(N)=S)ccc1COCC1CCOC1. The van der Waals surface area contributed by atoms with E-state index in [-0.39, 0.29) is 0 Å². The van der Waals surface area contributed by atoms with Crippen LogP contribution in [0.2, 0.25) is 0 Å². The number of rotatable bonds is 5. The lowest BCUT2D eigenvalue weighted by atomic mass is 10.1. The van der Waals surface area contributed by atoms with Gasteiger partial charge in [0.2, 0.25) is 0 Å². The van der Waals surface area contributed by atoms with E-state index in [1.54, 1.807) is 0 Å². The summed E-state index contributed by atoms with van der Waals surface area (Å²) in [7, 11) is 0. The topological polar surface area (TPSA) is 44.5 Å². The average Bonchev–Trinajstić information content (AvgIpc) is 2.84. The zero-order valence-electron chi connectivity index (χ0n) is 10.6. The van der Waals surface area contributed by atoms with E-state index in [0.29, 0.717) is 17.5 Å². The Morgan fingerprint density at radius 2 is 2.39 bits per heavy atom. The third kappa shape index (κ3) is 3.51. The summed E-state index contributed by atoms with van der Waals surface area (Å²) in [6.07, 6.45) is 1.11. The Kier molecular flexibility index (Phi) is 4.69. The zero-order chi connectivity index (χ0) is 13.0. The number of aryl methyl sites for hydroxylation is 1. The van der Waals surface area contributed by atoms with Gasteiger partial charge < -0.3 is 15.2 Å². The van der Waals surface area contributed by atoms with Crippen LogP contribution in [0.5, 0.6) is 0 Å². The minimum Gasteiger partial charge on any atom is -0.389 e. The van der Waals surface area contributed by atoms with Crippen molar-refractivity contribution in [3.05, 3.63) is 34.9 Å². The molecule has 3 nitrogen and oxygen atoms in total. The number of thiocarbonyl (C=S) groups is 1. The first kappa shape index (κ1) is 13.5. The highest BCUT2D eigenvalue weighted by molar-refractivity contribution is 7.80. The number of hydrogen-bond donors (Lipinski definition) is 1. The van der Waals surface area contributed by atoms with Crippen LogP contribution in [0.15, 0.2) is 18.2 Å². The van der Waals surface area contributed by atoms with E-state index in [2.05, 4.69) is 6.92 Å². The summed E-state index contributed by atoms with van der Waals surface area (Å²) in [4.78, 5) is 0.439. The van der Waals surface area contributed by atoms with Crippen LogP contribution in [-0.2, 0) is 16.1 Å². The highest BCUT2D eigenvalue weighted by Gasteiger charge is 2.15. The lowest BCUT2D eigenvalue weighted by Gasteiger charge is -2.11. The Hall–Kier alpha value is -0.970. The molecule has 1 fully saturated rings. The molecule has 2 N–H and O–H groups in total. The van der Waals surface area contributed by atoms with Gasteiger partial charge in [-0.2, -0.15) is 0 Å². The molecule has 0 aliphatic carbocycles. The lowest BCUT2D eigenvalue weighted by Crippen LogP contribution is -2.11. The normalized spacial score (nSPS) is 19.1. The van der Waals surface area contributed by atoms with Crippen LogP contribution < -0.4 is 5.73 Å². The Balaban J connectivity index is 1.87. The molecular weight excluding hydrogens is 246 g/mol. The first-order valence-corrected chi connectivity index (χ1v) is 6.62. The van der Waals surface area contributed by atoms with Gasteiger partial charge in [-0.25, -0.2) is 0 Å². The summed E-state index contributed by atoms with van der Waals surface area (Å²) >= 11 is 4.96. The van der Waals surface area contributed by atoms with Crippen LogP contribution in [0, 0.1) is 12.8 Å². The van der Waals surface area contributed by atoms with E-state index in [1.165, 1.54) is 11.1 Å². The molecule has 18 heavy (non-hydrogen) atoms. The predicted octanol–water partition coefficient (Wildman–Crippen LogP) is 2.18. The summed E-state index contributed by atoms with van der Waals surface area (Å²) in [6.45, 7) is 5.17. The van der Waals surface area contributed by atoms with E-state index < -0.39 is 0 Å². The van der Waals surface area contributed by atoms with Gasteiger partial charge in [0.1, 0.15) is 4.99 Å². The maximum absolute atomic E-state index is 5.74. The molecule has 1 aliphatic rings. The van der Waals surface area contributed by atoms with Gasteiger partial charge in [-0.1, -0.05) is 24.4 Å². The van der Waals surface area contributed by atoms with Crippen LogP contribution in [-0.4, -0.2) is 24.8 Å². The highest BCUT2D eigenvalue weighted by Crippen LogP contribution is 2.16. The Morgan fingerprint density at radius 3 is 3.00 bits per heavy atom. The van der Waals surface area contributed by atoms with E-state index in [4.69, 9.17) is 27.4 Å². The fourth-order valence-electron chi connectivity index (χ4n) is 2.06. The van der Waals surface area contributed by atoms with Crippen LogP contribution >= 0.6 is 12.2 Å². The molecule has 98 valence electrons. The van der Waals surface area contributed by atoms with Gasteiger partial charge in [0.25, 0.3) is 0 Å². The van der Waals surface area contributed by atoms with Gasteiger partial charge in [-0.3, -0.25) is 0 Å². The maximum Gasteiger partial charge on any atom is 0.103 e. The monoisotopic (exact) mass is 265 g/mol. The number of hydrogen-bond acceptors (Lipinski definition) is 3. The van der Waals surface area contributed by atoms with Crippen LogP contribution in [0.4, 0.5) is 0 Å². The van der Waals surface area contributed by atoms with Crippen molar-refractivity contribution in [2.45, 2.75) is 20.0 Å². The lowest BCUT2D eigenvalue weighted by molar-refractivity contribution is 0.0789. The van der Waals surface area contributed by atoms with Crippen LogP contribution in [0.25, 0.3) is 0 Å². The second kappa shape index (κ2) is 6.27. The third-order valence-electron chi connectivity index (χ3n) is 3.26. The molecule has 0 spiro atoms. The van der Waals surface area contributed by atoms with Crippen LogP contribution in [0.1, 0.15) is 23.1 Å². The molecule has 0 radical (unpaired) electrons. The molecule has 2 rings (SSSR count). The summed E-state index contributed by atoms with van der Waals surface area (Å²) in [5.41, 5.74) is 8.87. The molecule has 1 aromatic rings. The van der Waals surface area contributed by atoms with Gasteiger partial charge in [0.05, 0.1) is 19.8 Å². The largest absolute Gasteiger partial charge is 0.389 e. The number of nitrogens with two attached hydrogens (primary N) is 1. The molecule has 1 aliphatic heterocycles. The van der Waals surface area contributed by atoms with Gasteiger partial charge in [-0.05, 0) is 30.5 Å². The number of ether oxygens (including phenoxy) is 2. The van der Waals surface area contributed by atoms with Crippen molar-refractivity contribution >= 4 is 17.2 Å². The molecule has 4 heteroatoms. The quantitative estimate of drug-likeness (QED) is 0.829. The molecule has 0 saturated carbocycles. The fourth-order valence-corrected chi connectivity index (χ4v) is 2.19. The molecule has 0 aromatic heterocycles. The summed E-state index contributed by atoms with van der Waals surface area (Å²) in [5, 5.41) is 0. The molecule has 0 amide bonds. The second-order valence-electron chi connectivity index (χ2n) is 4.75. The average molecular weight is 265 g/mol. The van der Waals surface area contributed by atoms with E-state index in [0.717, 1.165) is 31.8 Å². The molecule has 1 atom stereocenters.